The fourth-order valence-electron chi connectivity index (χ4n) is 1.64. The highest BCUT2D eigenvalue weighted by Crippen LogP contribution is 2.42. The van der Waals surface area contributed by atoms with E-state index in [4.69, 9.17) is 0 Å². The van der Waals surface area contributed by atoms with Gasteiger partial charge >= 0.3 is 6.29 Å². The monoisotopic (exact) mass is 294 g/mol. The van der Waals surface area contributed by atoms with Crippen LogP contribution in [0.3, 0.4) is 0 Å². The number of nitrogens with zero attached hydrogens (tertiary/aromatic N) is 2. The summed E-state index contributed by atoms with van der Waals surface area (Å²) in [5.41, 5.74) is 0.590. The Kier molecular flexibility index (Phi) is 3.01. The van der Waals surface area contributed by atoms with Gasteiger partial charge in [-0.1, -0.05) is 0 Å². The van der Waals surface area contributed by atoms with E-state index in [1.165, 1.54) is 30.5 Å². The van der Waals surface area contributed by atoms with Crippen molar-refractivity contribution in [1.82, 2.24) is 15.5 Å². The number of amides is 1. The van der Waals surface area contributed by atoms with E-state index in [-0.39, 0.29) is 17.2 Å². The topological polar surface area (TPSA) is 88.6 Å². The molecule has 21 heavy (non-hydrogen) atoms. The molecule has 2 heterocycles. The summed E-state index contributed by atoms with van der Waals surface area (Å²) in [6.07, 6.45) is -1.09. The van der Waals surface area contributed by atoms with E-state index in [0.29, 0.717) is 5.69 Å². The van der Waals surface area contributed by atoms with Crippen LogP contribution in [0, 0.1) is 0 Å². The second-order valence-corrected chi connectivity index (χ2v) is 4.00. The number of halogens is 2. The molecule has 9 heteroatoms. The first-order chi connectivity index (χ1) is 10.0. The summed E-state index contributed by atoms with van der Waals surface area (Å²) in [5, 5.41) is 8.51. The minimum absolute atomic E-state index is 0.0690. The lowest BCUT2D eigenvalue weighted by Crippen LogP contribution is -2.25. The Morgan fingerprint density at radius 2 is 2.14 bits per heavy atom. The van der Waals surface area contributed by atoms with Crippen molar-refractivity contribution in [2.24, 2.45) is 4.99 Å². The van der Waals surface area contributed by atoms with Crippen molar-refractivity contribution in [3.05, 3.63) is 36.2 Å². The standard InChI is InChI=1S/C12H8F2N4O3/c13-12(14)20-9-2-1-7(5-10(9)21-12)15-6-16-11(19)8-3-4-17-18-8/h1-6H,(H,17,18)(H,15,16,19). The van der Waals surface area contributed by atoms with Crippen molar-refractivity contribution in [2.45, 2.75) is 6.29 Å². The average Bonchev–Trinajstić information content (AvgIpc) is 3.03. The first-order valence-electron chi connectivity index (χ1n) is 5.76. The molecule has 0 spiro atoms. The molecular formula is C12H8F2N4O3. The first-order valence-corrected chi connectivity index (χ1v) is 5.76. The molecule has 108 valence electrons. The molecule has 0 aliphatic carbocycles. The van der Waals surface area contributed by atoms with Crippen LogP contribution in [0.4, 0.5) is 14.5 Å². The Morgan fingerprint density at radius 1 is 1.33 bits per heavy atom. The zero-order valence-corrected chi connectivity index (χ0v) is 10.3. The number of benzene rings is 1. The van der Waals surface area contributed by atoms with E-state index >= 15 is 0 Å². The van der Waals surface area contributed by atoms with Gasteiger partial charge in [-0.05, 0) is 18.2 Å². The van der Waals surface area contributed by atoms with Gasteiger partial charge in [0.1, 0.15) is 5.69 Å². The third-order valence-electron chi connectivity index (χ3n) is 2.54. The highest BCUT2D eigenvalue weighted by Gasteiger charge is 2.43. The number of fused-ring (bicyclic) bond motifs is 1. The van der Waals surface area contributed by atoms with Gasteiger partial charge in [-0.2, -0.15) is 5.10 Å². The number of ether oxygens (including phenoxy) is 2. The van der Waals surface area contributed by atoms with E-state index in [1.807, 2.05) is 0 Å². The number of hydrogen-bond donors (Lipinski definition) is 2. The SMILES string of the molecule is O=C(NC=Nc1ccc2c(c1)OC(F)(F)O2)c1ccn[nH]1. The summed E-state index contributed by atoms with van der Waals surface area (Å²) in [4.78, 5) is 15.5. The molecule has 0 saturated heterocycles. The van der Waals surface area contributed by atoms with Crippen LogP contribution in [-0.2, 0) is 0 Å². The Bertz CT molecular complexity index is 701. The molecule has 0 fully saturated rings. The van der Waals surface area contributed by atoms with Crippen LogP contribution < -0.4 is 14.8 Å². The molecule has 1 aromatic carbocycles. The van der Waals surface area contributed by atoms with E-state index in [1.54, 1.807) is 0 Å². The second-order valence-electron chi connectivity index (χ2n) is 4.00. The quantitative estimate of drug-likeness (QED) is 0.667. The lowest BCUT2D eigenvalue weighted by Gasteiger charge is -2.04. The molecule has 2 aromatic rings. The van der Waals surface area contributed by atoms with Crippen LogP contribution in [-0.4, -0.2) is 28.7 Å². The fourth-order valence-corrected chi connectivity index (χ4v) is 1.64. The van der Waals surface area contributed by atoms with Crippen molar-refractivity contribution < 1.29 is 23.0 Å². The van der Waals surface area contributed by atoms with Gasteiger partial charge in [0.05, 0.1) is 12.0 Å². The maximum Gasteiger partial charge on any atom is 0.586 e. The molecule has 1 aliphatic heterocycles. The zero-order valence-electron chi connectivity index (χ0n) is 10.3. The summed E-state index contributed by atoms with van der Waals surface area (Å²) in [7, 11) is 0. The summed E-state index contributed by atoms with van der Waals surface area (Å²) in [6.45, 7) is 0. The Balaban J connectivity index is 1.67. The molecule has 3 rings (SSSR count). The number of nitrogens with one attached hydrogen (secondary N) is 2. The third-order valence-corrected chi connectivity index (χ3v) is 2.54. The molecule has 0 bridgehead atoms. The van der Waals surface area contributed by atoms with Crippen LogP contribution >= 0.6 is 0 Å². The number of carbonyl (C=O) groups excluding carboxylic acids is 1. The highest BCUT2D eigenvalue weighted by atomic mass is 19.3. The van der Waals surface area contributed by atoms with Crippen molar-refractivity contribution in [2.75, 3.05) is 0 Å². The third kappa shape index (κ3) is 2.81. The summed E-state index contributed by atoms with van der Waals surface area (Å²) in [5.74, 6) is -0.612. The van der Waals surface area contributed by atoms with E-state index in [9.17, 15) is 13.6 Å². The Labute approximate surface area is 116 Å². The lowest BCUT2D eigenvalue weighted by atomic mass is 10.3. The average molecular weight is 294 g/mol. The molecule has 0 radical (unpaired) electrons. The number of carbonyl (C=O) groups is 1. The van der Waals surface area contributed by atoms with Gasteiger partial charge in [-0.25, -0.2) is 4.99 Å². The molecule has 1 amide bonds. The molecule has 7 nitrogen and oxygen atoms in total. The smallest absolute Gasteiger partial charge is 0.395 e. The maximum absolute atomic E-state index is 12.8. The zero-order chi connectivity index (χ0) is 14.9. The van der Waals surface area contributed by atoms with Crippen LogP contribution in [0.25, 0.3) is 0 Å². The predicted molar refractivity (Wildman–Crippen MR) is 66.9 cm³/mol. The van der Waals surface area contributed by atoms with Crippen molar-refractivity contribution in [3.63, 3.8) is 0 Å². The summed E-state index contributed by atoms with van der Waals surface area (Å²) in [6, 6.07) is 5.52. The molecule has 0 saturated carbocycles. The molecule has 0 unspecified atom stereocenters. The number of aromatic amines is 1. The molecule has 2 N–H and O–H groups in total. The predicted octanol–water partition coefficient (Wildman–Crippen LogP) is 1.82. The van der Waals surface area contributed by atoms with Crippen LogP contribution in [0.5, 0.6) is 11.5 Å². The number of H-pyrrole nitrogens is 1. The maximum atomic E-state index is 12.8. The van der Waals surface area contributed by atoms with Gasteiger partial charge < -0.3 is 14.8 Å². The van der Waals surface area contributed by atoms with Gasteiger partial charge in [0.2, 0.25) is 0 Å². The Morgan fingerprint density at radius 3 is 2.90 bits per heavy atom. The molecular weight excluding hydrogens is 286 g/mol. The number of aliphatic imine (C=N–C) groups is 1. The minimum atomic E-state index is -3.67. The molecule has 1 aromatic heterocycles. The van der Waals surface area contributed by atoms with Gasteiger partial charge in [0.25, 0.3) is 5.91 Å². The molecule has 0 atom stereocenters. The largest absolute Gasteiger partial charge is 0.586 e. The minimum Gasteiger partial charge on any atom is -0.395 e. The highest BCUT2D eigenvalue weighted by molar-refractivity contribution is 5.99. The van der Waals surface area contributed by atoms with Crippen molar-refractivity contribution in [1.29, 1.82) is 0 Å². The number of aromatic nitrogens is 2. The van der Waals surface area contributed by atoms with Gasteiger partial charge in [0, 0.05) is 12.3 Å². The fraction of sp³-hybridized carbons (Fsp3) is 0.0833. The molecule has 1 aliphatic rings. The summed E-state index contributed by atoms with van der Waals surface area (Å²) < 4.78 is 34.2. The lowest BCUT2D eigenvalue weighted by molar-refractivity contribution is -0.286. The van der Waals surface area contributed by atoms with Crippen LogP contribution in [0.2, 0.25) is 0 Å². The number of hydrogen-bond acceptors (Lipinski definition) is 5. The van der Waals surface area contributed by atoms with E-state index in [0.717, 1.165) is 6.34 Å². The number of rotatable bonds is 3. The summed E-state index contributed by atoms with van der Waals surface area (Å²) >= 11 is 0. The van der Waals surface area contributed by atoms with Gasteiger partial charge in [-0.3, -0.25) is 9.89 Å². The normalized spacial score (nSPS) is 15.3. The van der Waals surface area contributed by atoms with Crippen LogP contribution in [0.1, 0.15) is 10.5 Å². The number of alkyl halides is 2. The Hall–Kier alpha value is -2.97. The first kappa shape index (κ1) is 13.0. The van der Waals surface area contributed by atoms with E-state index < -0.39 is 12.2 Å². The van der Waals surface area contributed by atoms with Crippen molar-refractivity contribution in [3.8, 4) is 11.5 Å². The van der Waals surface area contributed by atoms with Crippen molar-refractivity contribution >= 4 is 17.9 Å². The van der Waals surface area contributed by atoms with Gasteiger partial charge in [0.15, 0.2) is 11.5 Å². The second kappa shape index (κ2) is 4.85. The van der Waals surface area contributed by atoms with E-state index in [2.05, 4.69) is 30.0 Å². The van der Waals surface area contributed by atoms with Gasteiger partial charge in [-0.15, -0.1) is 8.78 Å². The van der Waals surface area contributed by atoms with Crippen LogP contribution in [0.15, 0.2) is 35.5 Å².